The third-order valence-corrected chi connectivity index (χ3v) is 3.19. The van der Waals surface area contributed by atoms with E-state index in [4.69, 9.17) is 5.73 Å². The van der Waals surface area contributed by atoms with E-state index in [2.05, 4.69) is 6.92 Å². The fourth-order valence-electron chi connectivity index (χ4n) is 2.26. The smallest absolute Gasteiger partial charge is 0.315 e. The first-order chi connectivity index (χ1) is 6.99. The van der Waals surface area contributed by atoms with Gasteiger partial charge in [-0.3, -0.25) is 4.79 Å². The van der Waals surface area contributed by atoms with Crippen molar-refractivity contribution in [3.8, 4) is 0 Å². The number of ketones is 1. The molecule has 0 saturated carbocycles. The topological polar surface area (TPSA) is 63.4 Å². The van der Waals surface area contributed by atoms with Crippen LogP contribution in [-0.4, -0.2) is 29.3 Å². The van der Waals surface area contributed by atoms with Crippen molar-refractivity contribution in [1.82, 2.24) is 4.90 Å². The van der Waals surface area contributed by atoms with Crippen LogP contribution >= 0.6 is 0 Å². The van der Waals surface area contributed by atoms with Crippen LogP contribution in [0, 0.1) is 11.8 Å². The van der Waals surface area contributed by atoms with Gasteiger partial charge in [0.1, 0.15) is 0 Å². The van der Waals surface area contributed by atoms with Crippen molar-refractivity contribution in [2.75, 3.05) is 6.54 Å². The summed E-state index contributed by atoms with van der Waals surface area (Å²) in [6.45, 7) is 6.41. The molecule has 0 aromatic heterocycles. The van der Waals surface area contributed by atoms with E-state index in [0.29, 0.717) is 6.54 Å². The van der Waals surface area contributed by atoms with Gasteiger partial charge in [0.05, 0.1) is 6.04 Å². The normalized spacial score (nSPS) is 26.0. The van der Waals surface area contributed by atoms with Crippen LogP contribution in [0.5, 0.6) is 0 Å². The van der Waals surface area contributed by atoms with Gasteiger partial charge in [-0.05, 0) is 12.3 Å². The maximum Gasteiger partial charge on any atom is 0.315 e. The molecule has 0 aromatic rings. The lowest BCUT2D eigenvalue weighted by Crippen LogP contribution is -2.47. The first kappa shape index (κ1) is 12.0. The second kappa shape index (κ2) is 4.64. The monoisotopic (exact) mass is 212 g/mol. The molecule has 1 aliphatic heterocycles. The van der Waals surface area contributed by atoms with E-state index >= 15 is 0 Å². The van der Waals surface area contributed by atoms with Crippen molar-refractivity contribution in [2.45, 2.75) is 39.7 Å². The number of likely N-dealkylation sites (tertiary alicyclic amines) is 1. The number of hydrogen-bond donors (Lipinski definition) is 1. The summed E-state index contributed by atoms with van der Waals surface area (Å²) in [4.78, 5) is 24.7. The van der Waals surface area contributed by atoms with Gasteiger partial charge < -0.3 is 10.6 Å². The number of amides is 2. The zero-order chi connectivity index (χ0) is 11.6. The van der Waals surface area contributed by atoms with Gasteiger partial charge in [-0.2, -0.15) is 0 Å². The zero-order valence-electron chi connectivity index (χ0n) is 9.69. The molecule has 4 heteroatoms. The summed E-state index contributed by atoms with van der Waals surface area (Å²) >= 11 is 0. The molecule has 0 bridgehead atoms. The maximum atomic E-state index is 12.0. The van der Waals surface area contributed by atoms with E-state index in [1.165, 1.54) is 4.90 Å². The maximum absolute atomic E-state index is 12.0. The Morgan fingerprint density at radius 2 is 2.07 bits per heavy atom. The van der Waals surface area contributed by atoms with Gasteiger partial charge in [0.2, 0.25) is 0 Å². The van der Waals surface area contributed by atoms with Crippen molar-refractivity contribution >= 4 is 11.8 Å². The predicted octanol–water partition coefficient (Wildman–Crippen LogP) is 1.39. The van der Waals surface area contributed by atoms with Crippen LogP contribution in [0.1, 0.15) is 33.6 Å². The van der Waals surface area contributed by atoms with E-state index in [-0.39, 0.29) is 23.7 Å². The minimum absolute atomic E-state index is 0.0380. The van der Waals surface area contributed by atoms with Gasteiger partial charge >= 0.3 is 6.03 Å². The van der Waals surface area contributed by atoms with Crippen molar-refractivity contribution in [3.63, 3.8) is 0 Å². The van der Waals surface area contributed by atoms with Gasteiger partial charge in [0.15, 0.2) is 5.78 Å². The number of Topliss-reactive ketones (excluding diaryl/α,β-unsaturated/α-hetero) is 1. The van der Waals surface area contributed by atoms with Crippen LogP contribution in [0.3, 0.4) is 0 Å². The Labute approximate surface area is 90.8 Å². The van der Waals surface area contributed by atoms with Gasteiger partial charge in [-0.1, -0.05) is 27.2 Å². The molecule has 15 heavy (non-hydrogen) atoms. The molecule has 2 N–H and O–H groups in total. The first-order valence-electron chi connectivity index (χ1n) is 5.58. The number of rotatable bonds is 3. The van der Waals surface area contributed by atoms with Crippen molar-refractivity contribution < 1.29 is 9.59 Å². The summed E-state index contributed by atoms with van der Waals surface area (Å²) in [5.74, 6) is 0.384. The molecule has 1 fully saturated rings. The molecule has 2 atom stereocenters. The fraction of sp³-hybridized carbons (Fsp3) is 0.818. The van der Waals surface area contributed by atoms with Crippen LogP contribution in [-0.2, 0) is 4.79 Å². The standard InChI is InChI=1S/C11H20N2O2/c1-4-8-5-6-13(11(12)15)9(8)10(14)7(2)3/h7-9H,4-6H2,1-3H3,(H2,12,15)/t8?,9-/m0/s1. The van der Waals surface area contributed by atoms with Gasteiger partial charge in [-0.15, -0.1) is 0 Å². The molecule has 1 unspecified atom stereocenters. The van der Waals surface area contributed by atoms with E-state index in [9.17, 15) is 9.59 Å². The molecule has 1 rings (SSSR count). The van der Waals surface area contributed by atoms with E-state index in [1.807, 2.05) is 13.8 Å². The van der Waals surface area contributed by atoms with E-state index in [0.717, 1.165) is 12.8 Å². The third kappa shape index (κ3) is 2.30. The molecular weight excluding hydrogens is 192 g/mol. The summed E-state index contributed by atoms with van der Waals surface area (Å²) in [6.07, 6.45) is 1.81. The second-order valence-electron chi connectivity index (χ2n) is 4.49. The molecular formula is C11H20N2O2. The highest BCUT2D eigenvalue weighted by Gasteiger charge is 2.40. The fourth-order valence-corrected chi connectivity index (χ4v) is 2.26. The lowest BCUT2D eigenvalue weighted by molar-refractivity contribution is -0.126. The number of hydrogen-bond acceptors (Lipinski definition) is 2. The minimum Gasteiger partial charge on any atom is -0.351 e. The number of nitrogens with two attached hydrogens (primary N) is 1. The first-order valence-corrected chi connectivity index (χ1v) is 5.58. The predicted molar refractivity (Wildman–Crippen MR) is 58.3 cm³/mol. The Kier molecular flexibility index (Phi) is 3.72. The Morgan fingerprint density at radius 1 is 1.47 bits per heavy atom. The SMILES string of the molecule is CCC1CCN(C(N)=O)[C@@H]1C(=O)C(C)C. The van der Waals surface area contributed by atoms with Crippen LogP contribution in [0.25, 0.3) is 0 Å². The third-order valence-electron chi connectivity index (χ3n) is 3.19. The molecule has 4 nitrogen and oxygen atoms in total. The molecule has 86 valence electrons. The van der Waals surface area contributed by atoms with Crippen LogP contribution in [0.15, 0.2) is 0 Å². The number of carbonyl (C=O) groups is 2. The summed E-state index contributed by atoms with van der Waals surface area (Å²) in [6, 6.07) is -0.752. The molecule has 1 saturated heterocycles. The highest BCUT2D eigenvalue weighted by molar-refractivity contribution is 5.90. The Bertz CT molecular complexity index is 263. The van der Waals surface area contributed by atoms with Crippen molar-refractivity contribution in [1.29, 1.82) is 0 Å². The van der Waals surface area contributed by atoms with Gasteiger partial charge in [0, 0.05) is 12.5 Å². The highest BCUT2D eigenvalue weighted by atomic mass is 16.2. The molecule has 2 amide bonds. The molecule has 0 aromatic carbocycles. The average Bonchev–Trinajstić information content (AvgIpc) is 2.59. The quantitative estimate of drug-likeness (QED) is 0.768. The Balaban J connectivity index is 2.86. The lowest BCUT2D eigenvalue weighted by atomic mass is 9.89. The summed E-state index contributed by atoms with van der Waals surface area (Å²) in [7, 11) is 0. The van der Waals surface area contributed by atoms with E-state index < -0.39 is 6.03 Å². The lowest BCUT2D eigenvalue weighted by Gasteiger charge is -2.26. The number of urea groups is 1. The number of carbonyl (C=O) groups excluding carboxylic acids is 2. The van der Waals surface area contributed by atoms with Crippen molar-refractivity contribution in [2.24, 2.45) is 17.6 Å². The van der Waals surface area contributed by atoms with Crippen molar-refractivity contribution in [3.05, 3.63) is 0 Å². The summed E-state index contributed by atoms with van der Waals surface area (Å²) in [5.41, 5.74) is 5.28. The number of primary amides is 1. The van der Waals surface area contributed by atoms with Crippen LogP contribution in [0.4, 0.5) is 4.79 Å². The van der Waals surface area contributed by atoms with Crippen LogP contribution in [0.2, 0.25) is 0 Å². The number of nitrogens with zero attached hydrogens (tertiary/aromatic N) is 1. The molecule has 0 aliphatic carbocycles. The molecule has 0 radical (unpaired) electrons. The van der Waals surface area contributed by atoms with Gasteiger partial charge in [-0.25, -0.2) is 4.79 Å². The molecule has 1 aliphatic rings. The van der Waals surface area contributed by atoms with Gasteiger partial charge in [0.25, 0.3) is 0 Å². The minimum atomic E-state index is -0.468. The summed E-state index contributed by atoms with van der Waals surface area (Å²) in [5, 5.41) is 0. The molecule has 0 spiro atoms. The van der Waals surface area contributed by atoms with E-state index in [1.54, 1.807) is 0 Å². The van der Waals surface area contributed by atoms with Crippen LogP contribution < -0.4 is 5.73 Å². The average molecular weight is 212 g/mol. The second-order valence-corrected chi connectivity index (χ2v) is 4.49. The Morgan fingerprint density at radius 3 is 2.47 bits per heavy atom. The molecule has 1 heterocycles. The highest BCUT2D eigenvalue weighted by Crippen LogP contribution is 2.29. The Hall–Kier alpha value is -1.06. The zero-order valence-corrected chi connectivity index (χ0v) is 9.69. The summed E-state index contributed by atoms with van der Waals surface area (Å²) < 4.78 is 0. The largest absolute Gasteiger partial charge is 0.351 e.